The van der Waals surface area contributed by atoms with E-state index in [1.807, 2.05) is 37.3 Å². The van der Waals surface area contributed by atoms with Crippen LogP contribution in [0.2, 0.25) is 0 Å². The summed E-state index contributed by atoms with van der Waals surface area (Å²) in [6.07, 6.45) is 0.716. The molecular weight excluding hydrogens is 466 g/mol. The van der Waals surface area contributed by atoms with Crippen molar-refractivity contribution >= 4 is 28.8 Å². The van der Waals surface area contributed by atoms with Crippen molar-refractivity contribution in [2.24, 2.45) is 17.4 Å². The van der Waals surface area contributed by atoms with Crippen molar-refractivity contribution in [1.82, 2.24) is 10.3 Å². The Morgan fingerprint density at radius 1 is 1.17 bits per heavy atom. The molecule has 0 fully saturated rings. The van der Waals surface area contributed by atoms with Crippen molar-refractivity contribution in [3.63, 3.8) is 0 Å². The lowest BCUT2D eigenvalue weighted by atomic mass is 9.76. The first kappa shape index (κ1) is 26.0. The summed E-state index contributed by atoms with van der Waals surface area (Å²) < 4.78 is 0. The number of non-ortho nitro benzene ring substituents is 1. The van der Waals surface area contributed by atoms with Crippen LogP contribution in [0, 0.1) is 23.0 Å². The average Bonchev–Trinajstić information content (AvgIpc) is 3.22. The van der Waals surface area contributed by atoms with Gasteiger partial charge in [0.15, 0.2) is 0 Å². The summed E-state index contributed by atoms with van der Waals surface area (Å²) in [6.45, 7) is 3.66. The number of nitrogens with one attached hydrogen (secondary N) is 1. The fraction of sp³-hybridized carbons (Fsp3) is 0.320. The summed E-state index contributed by atoms with van der Waals surface area (Å²) in [5.41, 5.74) is 13.1. The Kier molecular flexibility index (Phi) is 8.31. The van der Waals surface area contributed by atoms with Crippen molar-refractivity contribution in [1.29, 1.82) is 0 Å². The number of hydrogen-bond donors (Lipinski definition) is 3. The first-order valence-electron chi connectivity index (χ1n) is 11.3. The van der Waals surface area contributed by atoms with Crippen LogP contribution < -0.4 is 16.8 Å². The highest BCUT2D eigenvalue weighted by molar-refractivity contribution is 7.15. The van der Waals surface area contributed by atoms with Gasteiger partial charge in [0.1, 0.15) is 5.54 Å². The smallest absolute Gasteiger partial charge is 0.269 e. The van der Waals surface area contributed by atoms with E-state index in [4.69, 9.17) is 11.5 Å². The number of hydrogen-bond acceptors (Lipinski definition) is 7. The molecule has 2 aromatic carbocycles. The van der Waals surface area contributed by atoms with Crippen LogP contribution in [0.4, 0.5) is 5.69 Å². The van der Waals surface area contributed by atoms with Crippen LogP contribution >= 0.6 is 11.3 Å². The highest BCUT2D eigenvalue weighted by atomic mass is 32.1. The monoisotopic (exact) mass is 495 g/mol. The maximum atomic E-state index is 13.0. The van der Waals surface area contributed by atoms with Gasteiger partial charge in [-0.2, -0.15) is 0 Å². The molecule has 0 spiro atoms. The van der Waals surface area contributed by atoms with Crippen molar-refractivity contribution in [3.05, 3.63) is 81.0 Å². The molecule has 0 saturated carbocycles. The lowest BCUT2D eigenvalue weighted by Crippen LogP contribution is -2.65. The van der Waals surface area contributed by atoms with Gasteiger partial charge in [-0.1, -0.05) is 37.3 Å². The fourth-order valence-electron chi connectivity index (χ4n) is 4.10. The van der Waals surface area contributed by atoms with Crippen molar-refractivity contribution in [2.75, 3.05) is 6.54 Å². The molecular formula is C25H29N5O4S. The van der Waals surface area contributed by atoms with Crippen LogP contribution in [0.25, 0.3) is 10.4 Å². The summed E-state index contributed by atoms with van der Waals surface area (Å²) in [7, 11) is 0. The molecule has 0 aliphatic heterocycles. The lowest BCUT2D eigenvalue weighted by Gasteiger charge is -2.38. The molecule has 2 atom stereocenters. The zero-order valence-corrected chi connectivity index (χ0v) is 20.5. The first-order valence-corrected chi connectivity index (χ1v) is 12.1. The van der Waals surface area contributed by atoms with Gasteiger partial charge in [0, 0.05) is 30.9 Å². The maximum absolute atomic E-state index is 13.0. The molecule has 2 amide bonds. The third-order valence-electron chi connectivity index (χ3n) is 6.04. The van der Waals surface area contributed by atoms with Crippen LogP contribution in [0.5, 0.6) is 0 Å². The molecule has 1 aromatic heterocycles. The Morgan fingerprint density at radius 2 is 1.83 bits per heavy atom. The summed E-state index contributed by atoms with van der Waals surface area (Å²) >= 11 is 1.36. The number of amides is 2. The Bertz CT molecular complexity index is 1200. The number of thiazole rings is 1. The molecule has 0 aliphatic rings. The molecule has 0 saturated heterocycles. The van der Waals surface area contributed by atoms with E-state index in [2.05, 4.69) is 10.3 Å². The van der Waals surface area contributed by atoms with Gasteiger partial charge in [-0.05, 0) is 43.1 Å². The average molecular weight is 496 g/mol. The quantitative estimate of drug-likeness (QED) is 0.274. The number of aryl methyl sites for hydroxylation is 1. The molecule has 10 heteroatoms. The molecule has 3 aromatic rings. The number of carbonyl (C=O) groups is 2. The second-order valence-corrected chi connectivity index (χ2v) is 9.45. The fourth-order valence-corrected chi connectivity index (χ4v) is 5.27. The Hall–Kier alpha value is -3.63. The van der Waals surface area contributed by atoms with E-state index >= 15 is 0 Å². The van der Waals surface area contributed by atoms with Gasteiger partial charge in [0.25, 0.3) is 5.69 Å². The highest BCUT2D eigenvalue weighted by Crippen LogP contribution is 2.34. The summed E-state index contributed by atoms with van der Waals surface area (Å²) in [4.78, 5) is 41.5. The van der Waals surface area contributed by atoms with E-state index in [1.54, 1.807) is 19.1 Å². The number of rotatable bonds is 11. The van der Waals surface area contributed by atoms with Gasteiger partial charge in [0.2, 0.25) is 11.8 Å². The van der Waals surface area contributed by atoms with Crippen molar-refractivity contribution < 1.29 is 14.5 Å². The van der Waals surface area contributed by atoms with Crippen LogP contribution in [0.1, 0.15) is 29.6 Å². The van der Waals surface area contributed by atoms with Gasteiger partial charge in [-0.3, -0.25) is 19.7 Å². The summed E-state index contributed by atoms with van der Waals surface area (Å²) in [6, 6.07) is 15.8. The van der Waals surface area contributed by atoms with Crippen LogP contribution in [-0.2, 0) is 22.4 Å². The van der Waals surface area contributed by atoms with Gasteiger partial charge in [0.05, 0.1) is 20.5 Å². The number of carbonyl (C=O) groups excluding carboxylic acids is 2. The van der Waals surface area contributed by atoms with Crippen LogP contribution in [0.15, 0.2) is 54.6 Å². The van der Waals surface area contributed by atoms with Crippen molar-refractivity contribution in [3.8, 4) is 10.4 Å². The molecule has 9 nitrogen and oxygen atoms in total. The van der Waals surface area contributed by atoms with E-state index < -0.39 is 22.3 Å². The molecule has 1 unspecified atom stereocenters. The van der Waals surface area contributed by atoms with Crippen LogP contribution in [-0.4, -0.2) is 33.8 Å². The SMILES string of the molecule is CCC(=O)NC(Cc1nc(C)c(-c2ccc([N+](=O)[O-])cc2)s1)(C(N)=O)[C@H](CN)Cc1ccccc1. The predicted octanol–water partition coefficient (Wildman–Crippen LogP) is 3.14. The number of nitrogens with zero attached hydrogens (tertiary/aromatic N) is 2. The maximum Gasteiger partial charge on any atom is 0.269 e. The van der Waals surface area contributed by atoms with E-state index in [-0.39, 0.29) is 31.0 Å². The molecule has 3 rings (SSSR count). The molecule has 184 valence electrons. The number of nitro groups is 1. The molecule has 35 heavy (non-hydrogen) atoms. The Balaban J connectivity index is 2.01. The minimum absolute atomic E-state index is 0.00198. The number of aromatic nitrogens is 1. The largest absolute Gasteiger partial charge is 0.368 e. The molecule has 0 bridgehead atoms. The predicted molar refractivity (Wildman–Crippen MR) is 136 cm³/mol. The molecule has 1 heterocycles. The normalized spacial score (nSPS) is 13.6. The Labute approximate surface area is 207 Å². The minimum atomic E-state index is -1.44. The second-order valence-electron chi connectivity index (χ2n) is 8.36. The minimum Gasteiger partial charge on any atom is -0.368 e. The topological polar surface area (TPSA) is 154 Å². The van der Waals surface area contributed by atoms with Gasteiger partial charge >= 0.3 is 0 Å². The second kappa shape index (κ2) is 11.2. The Morgan fingerprint density at radius 3 is 2.37 bits per heavy atom. The van der Waals surface area contributed by atoms with Gasteiger partial charge in [-0.25, -0.2) is 4.98 Å². The van der Waals surface area contributed by atoms with Gasteiger partial charge in [-0.15, -0.1) is 11.3 Å². The third kappa shape index (κ3) is 5.90. The lowest BCUT2D eigenvalue weighted by molar-refractivity contribution is -0.384. The zero-order chi connectivity index (χ0) is 25.6. The number of nitrogens with two attached hydrogens (primary N) is 2. The highest BCUT2D eigenvalue weighted by Gasteiger charge is 2.45. The molecule has 0 aliphatic carbocycles. The van der Waals surface area contributed by atoms with E-state index in [0.29, 0.717) is 17.1 Å². The van der Waals surface area contributed by atoms with Crippen LogP contribution in [0.3, 0.4) is 0 Å². The molecule has 0 radical (unpaired) electrons. The number of nitro benzene ring substituents is 1. The van der Waals surface area contributed by atoms with Gasteiger partial charge < -0.3 is 16.8 Å². The zero-order valence-electron chi connectivity index (χ0n) is 19.7. The number of benzene rings is 2. The number of primary amides is 1. The third-order valence-corrected chi connectivity index (χ3v) is 7.25. The van der Waals surface area contributed by atoms with E-state index in [9.17, 15) is 19.7 Å². The standard InChI is InChI=1S/C25H29N5O4S/c1-3-21(31)29-25(24(27)32,19(15-26)13-17-7-5-4-6-8-17)14-22-28-16(2)23(35-22)18-9-11-20(12-10-18)30(33)34/h4-12,19H,3,13-15,26H2,1-2H3,(H2,27,32)(H,29,31)/t19-,25?/m0/s1. The summed E-state index contributed by atoms with van der Waals surface area (Å²) in [5.74, 6) is -1.44. The van der Waals surface area contributed by atoms with E-state index in [1.165, 1.54) is 23.5 Å². The van der Waals surface area contributed by atoms with Crippen molar-refractivity contribution in [2.45, 2.75) is 38.6 Å². The first-order chi connectivity index (χ1) is 16.7. The summed E-state index contributed by atoms with van der Waals surface area (Å²) in [5, 5.41) is 14.5. The molecule has 5 N–H and O–H groups in total. The van der Waals surface area contributed by atoms with E-state index in [0.717, 1.165) is 16.0 Å².